The van der Waals surface area contributed by atoms with Crippen LogP contribution in [0.5, 0.6) is 5.75 Å². The minimum atomic E-state index is 0.203. The van der Waals surface area contributed by atoms with Crippen molar-refractivity contribution in [1.29, 1.82) is 5.26 Å². The third-order valence-electron chi connectivity index (χ3n) is 5.01. The molecule has 1 aliphatic rings. The van der Waals surface area contributed by atoms with Crippen LogP contribution in [0, 0.1) is 25.2 Å². The Morgan fingerprint density at radius 1 is 1.27 bits per heavy atom. The molecule has 3 rings (SSSR count). The Kier molecular flexibility index (Phi) is 5.75. The summed E-state index contributed by atoms with van der Waals surface area (Å²) in [5.41, 5.74) is 4.35. The van der Waals surface area contributed by atoms with Crippen LogP contribution in [0.3, 0.4) is 0 Å². The maximum absolute atomic E-state index is 9.51. The zero-order chi connectivity index (χ0) is 18.5. The lowest BCUT2D eigenvalue weighted by molar-refractivity contribution is 0.249. The van der Waals surface area contributed by atoms with Gasteiger partial charge in [0.2, 0.25) is 0 Å². The topological polar surface area (TPSA) is 61.2 Å². The highest BCUT2D eigenvalue weighted by Crippen LogP contribution is 2.32. The number of pyridine rings is 1. The van der Waals surface area contributed by atoms with Crippen LogP contribution in [0.25, 0.3) is 0 Å². The molecule has 1 N–H and O–H groups in total. The fourth-order valence-electron chi connectivity index (χ4n) is 3.75. The van der Waals surface area contributed by atoms with E-state index in [-0.39, 0.29) is 6.04 Å². The van der Waals surface area contributed by atoms with Crippen LogP contribution in [0.2, 0.25) is 0 Å². The molecule has 0 amide bonds. The SMILES string of the molecule is COc1ccccc1C(CNc1cc(C)nc(C)c1C#N)N1CCCC1. The number of ether oxygens (including phenoxy) is 1. The molecule has 2 aromatic rings. The number of para-hydroxylation sites is 1. The summed E-state index contributed by atoms with van der Waals surface area (Å²) in [4.78, 5) is 6.90. The summed E-state index contributed by atoms with van der Waals surface area (Å²) in [6, 6.07) is 12.6. The largest absolute Gasteiger partial charge is 0.496 e. The number of hydrogen-bond donors (Lipinski definition) is 1. The Balaban J connectivity index is 1.89. The van der Waals surface area contributed by atoms with Crippen LogP contribution >= 0.6 is 0 Å². The zero-order valence-electron chi connectivity index (χ0n) is 15.7. The van der Waals surface area contributed by atoms with E-state index in [1.54, 1.807) is 7.11 Å². The molecule has 0 saturated carbocycles. The zero-order valence-corrected chi connectivity index (χ0v) is 15.7. The smallest absolute Gasteiger partial charge is 0.123 e. The van der Waals surface area contributed by atoms with E-state index in [4.69, 9.17) is 4.74 Å². The van der Waals surface area contributed by atoms with Crippen LogP contribution in [0.15, 0.2) is 30.3 Å². The molecule has 1 atom stereocenters. The first-order valence-corrected chi connectivity index (χ1v) is 9.13. The molecule has 2 heterocycles. The lowest BCUT2D eigenvalue weighted by atomic mass is 10.0. The minimum Gasteiger partial charge on any atom is -0.496 e. The number of nitrogens with one attached hydrogen (secondary N) is 1. The molecular formula is C21H26N4O. The van der Waals surface area contributed by atoms with Crippen molar-refractivity contribution in [3.05, 3.63) is 52.8 Å². The summed E-state index contributed by atoms with van der Waals surface area (Å²) in [5.74, 6) is 0.911. The van der Waals surface area contributed by atoms with Gasteiger partial charge >= 0.3 is 0 Å². The second-order valence-electron chi connectivity index (χ2n) is 6.77. The van der Waals surface area contributed by atoms with E-state index in [2.05, 4.69) is 33.4 Å². The number of aryl methyl sites for hydroxylation is 2. The van der Waals surface area contributed by atoms with Crippen LogP contribution in [0.4, 0.5) is 5.69 Å². The third kappa shape index (κ3) is 3.81. The predicted molar refractivity (Wildman–Crippen MR) is 103 cm³/mol. The summed E-state index contributed by atoms with van der Waals surface area (Å²) in [6.07, 6.45) is 2.45. The van der Waals surface area contributed by atoms with Gasteiger partial charge < -0.3 is 10.1 Å². The van der Waals surface area contributed by atoms with E-state index in [0.717, 1.165) is 42.5 Å². The average Bonchev–Trinajstić information content (AvgIpc) is 3.16. The summed E-state index contributed by atoms with van der Waals surface area (Å²) in [5, 5.41) is 13.0. The van der Waals surface area contributed by atoms with Gasteiger partial charge in [0.05, 0.1) is 30.1 Å². The number of methoxy groups -OCH3 is 1. The molecule has 1 aromatic heterocycles. The number of aromatic nitrogens is 1. The first-order chi connectivity index (χ1) is 12.6. The molecule has 0 spiro atoms. The Labute approximate surface area is 155 Å². The maximum atomic E-state index is 9.51. The number of likely N-dealkylation sites (tertiary alicyclic amines) is 1. The molecule has 136 valence electrons. The van der Waals surface area contributed by atoms with Gasteiger partial charge in [-0.05, 0) is 51.9 Å². The van der Waals surface area contributed by atoms with Gasteiger partial charge in [0.25, 0.3) is 0 Å². The van der Waals surface area contributed by atoms with Gasteiger partial charge in [-0.1, -0.05) is 18.2 Å². The number of hydrogen-bond acceptors (Lipinski definition) is 5. The number of anilines is 1. The van der Waals surface area contributed by atoms with Gasteiger partial charge in [0, 0.05) is 17.8 Å². The summed E-state index contributed by atoms with van der Waals surface area (Å²) >= 11 is 0. The number of benzene rings is 1. The monoisotopic (exact) mass is 350 g/mol. The first kappa shape index (κ1) is 18.2. The molecule has 26 heavy (non-hydrogen) atoms. The molecule has 1 aromatic carbocycles. The standard InChI is InChI=1S/C21H26N4O/c1-15-12-19(18(13-22)16(2)24-15)23-14-20(25-10-6-7-11-25)17-8-4-5-9-21(17)26-3/h4-5,8-9,12,20H,6-7,10-11,14H2,1-3H3,(H,23,24). The van der Waals surface area contributed by atoms with Crippen LogP contribution in [-0.2, 0) is 0 Å². The molecule has 1 saturated heterocycles. The Hall–Kier alpha value is -2.58. The van der Waals surface area contributed by atoms with E-state index in [9.17, 15) is 5.26 Å². The van der Waals surface area contributed by atoms with E-state index in [1.165, 1.54) is 18.4 Å². The number of nitriles is 1. The molecule has 0 aliphatic carbocycles. The van der Waals surface area contributed by atoms with Crippen LogP contribution in [0.1, 0.15) is 41.4 Å². The second-order valence-corrected chi connectivity index (χ2v) is 6.77. The summed E-state index contributed by atoms with van der Waals surface area (Å²) in [7, 11) is 1.72. The normalized spacial score (nSPS) is 15.5. The molecule has 1 fully saturated rings. The van der Waals surface area contributed by atoms with Crippen molar-refractivity contribution in [1.82, 2.24) is 9.88 Å². The molecule has 0 radical (unpaired) electrons. The quantitative estimate of drug-likeness (QED) is 0.858. The second kappa shape index (κ2) is 8.20. The number of rotatable bonds is 6. The highest BCUT2D eigenvalue weighted by atomic mass is 16.5. The van der Waals surface area contributed by atoms with Crippen molar-refractivity contribution in [3.63, 3.8) is 0 Å². The highest BCUT2D eigenvalue weighted by Gasteiger charge is 2.26. The van der Waals surface area contributed by atoms with Crippen LogP contribution < -0.4 is 10.1 Å². The van der Waals surface area contributed by atoms with Crippen molar-refractivity contribution in [2.75, 3.05) is 32.1 Å². The molecule has 1 unspecified atom stereocenters. The molecule has 1 aliphatic heterocycles. The first-order valence-electron chi connectivity index (χ1n) is 9.13. The van der Waals surface area contributed by atoms with Crippen molar-refractivity contribution in [2.45, 2.75) is 32.7 Å². The van der Waals surface area contributed by atoms with Crippen LogP contribution in [-0.4, -0.2) is 36.6 Å². The van der Waals surface area contributed by atoms with E-state index < -0.39 is 0 Å². The fourth-order valence-corrected chi connectivity index (χ4v) is 3.75. The van der Waals surface area contributed by atoms with Crippen molar-refractivity contribution >= 4 is 5.69 Å². The Morgan fingerprint density at radius 2 is 2.00 bits per heavy atom. The van der Waals surface area contributed by atoms with E-state index in [0.29, 0.717) is 5.56 Å². The van der Waals surface area contributed by atoms with E-state index in [1.807, 2.05) is 32.0 Å². The summed E-state index contributed by atoms with van der Waals surface area (Å²) in [6.45, 7) is 6.73. The number of nitrogens with zero attached hydrogens (tertiary/aromatic N) is 3. The van der Waals surface area contributed by atoms with E-state index >= 15 is 0 Å². The Bertz CT molecular complexity index is 806. The molecule has 5 heteroatoms. The average molecular weight is 350 g/mol. The summed E-state index contributed by atoms with van der Waals surface area (Å²) < 4.78 is 5.60. The van der Waals surface area contributed by atoms with Gasteiger partial charge in [-0.25, -0.2) is 0 Å². The molecule has 0 bridgehead atoms. The minimum absolute atomic E-state index is 0.203. The molecular weight excluding hydrogens is 324 g/mol. The third-order valence-corrected chi connectivity index (χ3v) is 5.01. The van der Waals surface area contributed by atoms with Gasteiger partial charge in [0.1, 0.15) is 11.8 Å². The molecule has 5 nitrogen and oxygen atoms in total. The van der Waals surface area contributed by atoms with Crippen molar-refractivity contribution < 1.29 is 4.74 Å². The predicted octanol–water partition coefficient (Wildman–Crippen LogP) is 3.83. The Morgan fingerprint density at radius 3 is 2.69 bits per heavy atom. The fraction of sp³-hybridized carbons (Fsp3) is 0.429. The van der Waals surface area contributed by atoms with Gasteiger partial charge in [-0.3, -0.25) is 9.88 Å². The lowest BCUT2D eigenvalue weighted by Crippen LogP contribution is -2.31. The van der Waals surface area contributed by atoms with Gasteiger partial charge in [-0.2, -0.15) is 5.26 Å². The lowest BCUT2D eigenvalue weighted by Gasteiger charge is -2.30. The van der Waals surface area contributed by atoms with Gasteiger partial charge in [0.15, 0.2) is 0 Å². The van der Waals surface area contributed by atoms with Crippen molar-refractivity contribution in [2.24, 2.45) is 0 Å². The van der Waals surface area contributed by atoms with Gasteiger partial charge in [-0.15, -0.1) is 0 Å². The maximum Gasteiger partial charge on any atom is 0.123 e. The highest BCUT2D eigenvalue weighted by molar-refractivity contribution is 5.60. The van der Waals surface area contributed by atoms with Crippen molar-refractivity contribution in [3.8, 4) is 11.8 Å².